The summed E-state index contributed by atoms with van der Waals surface area (Å²) in [5.74, 6) is 0.0542. The first-order valence-electron chi connectivity index (χ1n) is 6.60. The highest BCUT2D eigenvalue weighted by atomic mass is 16.4. The number of carboxylic acids is 1. The maximum Gasteiger partial charge on any atom is 0.331 e. The number of carbonyl (C=O) groups is 2. The van der Waals surface area contributed by atoms with E-state index >= 15 is 0 Å². The van der Waals surface area contributed by atoms with Crippen LogP contribution in [-0.4, -0.2) is 23.5 Å². The largest absolute Gasteiger partial charge is 0.478 e. The molecule has 0 aromatic heterocycles. The van der Waals surface area contributed by atoms with E-state index in [1.54, 1.807) is 6.92 Å². The van der Waals surface area contributed by atoms with E-state index in [1.807, 2.05) is 0 Å². The standard InChI is InChI=1S/C14H23NO3/c1-9-4-6-12(7-5-9)8-15-13(16)10(2)11(3)14(17)18/h9,12H,4-8H2,1-3H3,(H,15,16)(H,17,18). The molecule has 18 heavy (non-hydrogen) atoms. The Labute approximate surface area is 108 Å². The first kappa shape index (κ1) is 14.7. The zero-order valence-corrected chi connectivity index (χ0v) is 11.5. The van der Waals surface area contributed by atoms with Crippen LogP contribution in [0, 0.1) is 11.8 Å². The normalized spacial score (nSPS) is 25.3. The predicted molar refractivity (Wildman–Crippen MR) is 70.1 cm³/mol. The summed E-state index contributed by atoms with van der Waals surface area (Å²) in [6.45, 7) is 5.94. The van der Waals surface area contributed by atoms with Gasteiger partial charge in [0.25, 0.3) is 0 Å². The van der Waals surface area contributed by atoms with Crippen LogP contribution in [0.1, 0.15) is 46.5 Å². The fourth-order valence-electron chi connectivity index (χ4n) is 2.23. The minimum absolute atomic E-state index is 0.116. The number of carboxylic acid groups (broad SMARTS) is 1. The van der Waals surface area contributed by atoms with Crippen LogP contribution >= 0.6 is 0 Å². The van der Waals surface area contributed by atoms with Crippen molar-refractivity contribution in [1.29, 1.82) is 0 Å². The maximum absolute atomic E-state index is 11.8. The van der Waals surface area contributed by atoms with Crippen molar-refractivity contribution in [3.05, 3.63) is 11.1 Å². The van der Waals surface area contributed by atoms with E-state index in [0.717, 1.165) is 18.8 Å². The summed E-state index contributed by atoms with van der Waals surface area (Å²) in [6.07, 6.45) is 4.76. The first-order valence-corrected chi connectivity index (χ1v) is 6.60. The van der Waals surface area contributed by atoms with Crippen molar-refractivity contribution >= 4 is 11.9 Å². The molecule has 0 bridgehead atoms. The lowest BCUT2D eigenvalue weighted by atomic mass is 9.83. The van der Waals surface area contributed by atoms with E-state index in [0.29, 0.717) is 18.0 Å². The average Bonchev–Trinajstić information content (AvgIpc) is 2.35. The van der Waals surface area contributed by atoms with Gasteiger partial charge in [0, 0.05) is 17.7 Å². The zero-order chi connectivity index (χ0) is 13.7. The Morgan fingerprint density at radius 1 is 1.11 bits per heavy atom. The van der Waals surface area contributed by atoms with Gasteiger partial charge in [0.15, 0.2) is 0 Å². The highest BCUT2D eigenvalue weighted by Crippen LogP contribution is 2.27. The summed E-state index contributed by atoms with van der Waals surface area (Å²) in [5, 5.41) is 11.7. The molecule has 2 N–H and O–H groups in total. The van der Waals surface area contributed by atoms with Gasteiger partial charge < -0.3 is 10.4 Å². The highest BCUT2D eigenvalue weighted by molar-refractivity contribution is 6.01. The molecule has 0 unspecified atom stereocenters. The molecule has 0 aliphatic heterocycles. The molecule has 0 radical (unpaired) electrons. The zero-order valence-electron chi connectivity index (χ0n) is 11.5. The monoisotopic (exact) mass is 253 g/mol. The van der Waals surface area contributed by atoms with Crippen molar-refractivity contribution in [3.8, 4) is 0 Å². The minimum Gasteiger partial charge on any atom is -0.478 e. The first-order chi connectivity index (χ1) is 8.41. The second-order valence-corrected chi connectivity index (χ2v) is 5.39. The molecule has 1 aliphatic rings. The Balaban J connectivity index is 2.42. The van der Waals surface area contributed by atoms with Gasteiger partial charge in [0.1, 0.15) is 0 Å². The van der Waals surface area contributed by atoms with Crippen LogP contribution in [0.25, 0.3) is 0 Å². The van der Waals surface area contributed by atoms with E-state index in [2.05, 4.69) is 12.2 Å². The fraction of sp³-hybridized carbons (Fsp3) is 0.714. The second-order valence-electron chi connectivity index (χ2n) is 5.39. The molecule has 0 heterocycles. The van der Waals surface area contributed by atoms with Crippen LogP contribution in [-0.2, 0) is 9.59 Å². The van der Waals surface area contributed by atoms with E-state index in [9.17, 15) is 9.59 Å². The highest BCUT2D eigenvalue weighted by Gasteiger charge is 2.19. The topological polar surface area (TPSA) is 66.4 Å². The number of carbonyl (C=O) groups excluding carboxylic acids is 1. The molecule has 4 heteroatoms. The molecule has 0 aromatic rings. The molecular formula is C14H23NO3. The number of hydrogen-bond acceptors (Lipinski definition) is 2. The van der Waals surface area contributed by atoms with Crippen molar-refractivity contribution in [3.63, 3.8) is 0 Å². The molecule has 0 saturated heterocycles. The summed E-state index contributed by atoms with van der Waals surface area (Å²) in [5.41, 5.74) is 0.413. The van der Waals surface area contributed by atoms with Crippen LogP contribution < -0.4 is 5.32 Å². The van der Waals surface area contributed by atoms with E-state index in [4.69, 9.17) is 5.11 Å². The van der Waals surface area contributed by atoms with Crippen LogP contribution in [0.2, 0.25) is 0 Å². The Morgan fingerprint density at radius 3 is 2.17 bits per heavy atom. The molecule has 1 fully saturated rings. The van der Waals surface area contributed by atoms with Gasteiger partial charge in [-0.25, -0.2) is 4.79 Å². The molecule has 4 nitrogen and oxygen atoms in total. The smallest absolute Gasteiger partial charge is 0.331 e. The summed E-state index contributed by atoms with van der Waals surface area (Å²) in [4.78, 5) is 22.5. The molecule has 0 spiro atoms. The number of aliphatic carboxylic acids is 1. The molecule has 1 amide bonds. The summed E-state index contributed by atoms with van der Waals surface area (Å²) < 4.78 is 0. The summed E-state index contributed by atoms with van der Waals surface area (Å²) >= 11 is 0. The third-order valence-electron chi connectivity index (χ3n) is 3.91. The van der Waals surface area contributed by atoms with Crippen molar-refractivity contribution in [2.24, 2.45) is 11.8 Å². The van der Waals surface area contributed by atoms with Gasteiger partial charge >= 0.3 is 5.97 Å². The minimum atomic E-state index is -1.03. The molecular weight excluding hydrogens is 230 g/mol. The summed E-state index contributed by atoms with van der Waals surface area (Å²) in [6, 6.07) is 0. The van der Waals surface area contributed by atoms with Crippen molar-refractivity contribution in [2.45, 2.75) is 46.5 Å². The molecule has 0 aromatic carbocycles. The van der Waals surface area contributed by atoms with Crippen LogP contribution in [0.4, 0.5) is 0 Å². The van der Waals surface area contributed by atoms with Gasteiger partial charge in [-0.05, 0) is 38.5 Å². The molecule has 0 atom stereocenters. The van der Waals surface area contributed by atoms with Gasteiger partial charge in [-0.3, -0.25) is 4.79 Å². The molecule has 1 aliphatic carbocycles. The van der Waals surface area contributed by atoms with E-state index in [-0.39, 0.29) is 11.5 Å². The average molecular weight is 253 g/mol. The number of hydrogen-bond donors (Lipinski definition) is 2. The summed E-state index contributed by atoms with van der Waals surface area (Å²) in [7, 11) is 0. The van der Waals surface area contributed by atoms with E-state index < -0.39 is 5.97 Å². The Bertz CT molecular complexity index is 352. The lowest BCUT2D eigenvalue weighted by Gasteiger charge is -2.26. The molecule has 1 saturated carbocycles. The maximum atomic E-state index is 11.8. The van der Waals surface area contributed by atoms with Gasteiger partial charge in [-0.15, -0.1) is 0 Å². The van der Waals surface area contributed by atoms with E-state index in [1.165, 1.54) is 19.8 Å². The second kappa shape index (κ2) is 6.57. The number of rotatable bonds is 4. The van der Waals surface area contributed by atoms with Gasteiger partial charge in [0.05, 0.1) is 0 Å². The third kappa shape index (κ3) is 4.17. The lowest BCUT2D eigenvalue weighted by molar-refractivity contribution is -0.133. The van der Waals surface area contributed by atoms with Gasteiger partial charge in [0.2, 0.25) is 5.91 Å². The molecule has 102 valence electrons. The third-order valence-corrected chi connectivity index (χ3v) is 3.91. The van der Waals surface area contributed by atoms with Crippen LogP contribution in [0.3, 0.4) is 0 Å². The Kier molecular flexibility index (Phi) is 5.38. The van der Waals surface area contributed by atoms with Crippen molar-refractivity contribution < 1.29 is 14.7 Å². The van der Waals surface area contributed by atoms with Crippen molar-refractivity contribution in [1.82, 2.24) is 5.32 Å². The van der Waals surface area contributed by atoms with Gasteiger partial charge in [-0.1, -0.05) is 19.8 Å². The fourth-order valence-corrected chi connectivity index (χ4v) is 2.23. The molecule has 1 rings (SSSR count). The Morgan fingerprint density at radius 2 is 1.67 bits per heavy atom. The van der Waals surface area contributed by atoms with Crippen LogP contribution in [0.15, 0.2) is 11.1 Å². The SMILES string of the molecule is CC(C(=O)O)=C(C)C(=O)NCC1CCC(C)CC1. The predicted octanol–water partition coefficient (Wildman–Crippen LogP) is 2.35. The lowest BCUT2D eigenvalue weighted by Crippen LogP contribution is -2.32. The van der Waals surface area contributed by atoms with Crippen molar-refractivity contribution in [2.75, 3.05) is 6.54 Å². The van der Waals surface area contributed by atoms with Gasteiger partial charge in [-0.2, -0.15) is 0 Å². The Hall–Kier alpha value is -1.32. The van der Waals surface area contributed by atoms with Crippen LogP contribution in [0.5, 0.6) is 0 Å². The number of amides is 1. The quantitative estimate of drug-likeness (QED) is 0.756. The number of nitrogens with one attached hydrogen (secondary N) is 1.